The van der Waals surface area contributed by atoms with Crippen LogP contribution < -0.4 is 0 Å². The molecule has 1 heterocycles. The van der Waals surface area contributed by atoms with E-state index in [0.717, 1.165) is 37.2 Å². The van der Waals surface area contributed by atoms with Gasteiger partial charge in [-0.1, -0.05) is 89.9 Å². The van der Waals surface area contributed by atoms with E-state index in [4.69, 9.17) is 23.2 Å². The molecule has 36 heavy (non-hydrogen) atoms. The normalized spacial score (nSPS) is 22.4. The van der Waals surface area contributed by atoms with Crippen molar-refractivity contribution in [3.63, 3.8) is 0 Å². The van der Waals surface area contributed by atoms with E-state index in [1.807, 2.05) is 41.3 Å². The smallest absolute Gasteiger partial charge is 0.233 e. The van der Waals surface area contributed by atoms with Gasteiger partial charge in [-0.15, -0.1) is 0 Å². The molecule has 3 aromatic rings. The molecule has 2 fully saturated rings. The van der Waals surface area contributed by atoms with Gasteiger partial charge in [0.1, 0.15) is 0 Å². The maximum atomic E-state index is 14.2. The zero-order valence-corrected chi connectivity index (χ0v) is 22.4. The molecule has 2 unspecified atom stereocenters. The molecule has 1 aliphatic heterocycles. The molecule has 2 atom stereocenters. The van der Waals surface area contributed by atoms with Crippen molar-refractivity contribution in [2.45, 2.75) is 44.1 Å². The Morgan fingerprint density at radius 2 is 1.61 bits per heavy atom. The second-order valence-corrected chi connectivity index (χ2v) is 11.1. The minimum atomic E-state index is -0.532. The maximum absolute atomic E-state index is 14.2. The Morgan fingerprint density at radius 3 is 2.25 bits per heavy atom. The van der Waals surface area contributed by atoms with Crippen LogP contribution in [0.15, 0.2) is 78.9 Å². The topological polar surface area (TPSA) is 23.6 Å². The summed E-state index contributed by atoms with van der Waals surface area (Å²) in [4.78, 5) is 18.7. The number of piperidine rings is 1. The lowest BCUT2D eigenvalue weighted by atomic mass is 9.88. The van der Waals surface area contributed by atoms with Gasteiger partial charge in [0.2, 0.25) is 5.91 Å². The van der Waals surface area contributed by atoms with Gasteiger partial charge in [-0.25, -0.2) is 0 Å². The number of amides is 1. The fraction of sp³-hybridized carbons (Fsp3) is 0.387. The first-order chi connectivity index (χ1) is 17.5. The molecule has 1 saturated carbocycles. The second-order valence-electron chi connectivity index (χ2n) is 10.3. The van der Waals surface area contributed by atoms with Crippen molar-refractivity contribution in [1.82, 2.24) is 9.80 Å². The van der Waals surface area contributed by atoms with Crippen molar-refractivity contribution in [2.24, 2.45) is 5.92 Å². The largest absolute Gasteiger partial charge is 0.338 e. The van der Waals surface area contributed by atoms with Gasteiger partial charge >= 0.3 is 0 Å². The molecule has 3 nitrogen and oxygen atoms in total. The van der Waals surface area contributed by atoms with Crippen molar-refractivity contribution in [1.29, 1.82) is 0 Å². The van der Waals surface area contributed by atoms with Crippen LogP contribution in [0.3, 0.4) is 0 Å². The fourth-order valence-corrected chi connectivity index (χ4v) is 6.26. The number of carbonyl (C=O) groups excluding carboxylic acids is 1. The average molecular weight is 522 g/mol. The van der Waals surface area contributed by atoms with Gasteiger partial charge < -0.3 is 9.80 Å². The third-order valence-electron chi connectivity index (χ3n) is 8.14. The highest BCUT2D eigenvalue weighted by atomic mass is 35.5. The first-order valence-corrected chi connectivity index (χ1v) is 13.8. The maximum Gasteiger partial charge on any atom is 0.233 e. The molecule has 5 rings (SSSR count). The Bertz CT molecular complexity index is 1180. The molecule has 1 saturated heterocycles. The summed E-state index contributed by atoms with van der Waals surface area (Å²) in [7, 11) is 0. The number of hydrogen-bond donors (Lipinski definition) is 0. The number of benzene rings is 3. The molecule has 0 aromatic heterocycles. The zero-order valence-electron chi connectivity index (χ0n) is 20.9. The fourth-order valence-electron chi connectivity index (χ4n) is 5.96. The first kappa shape index (κ1) is 25.3. The Labute approximate surface area is 225 Å². The molecular weight excluding hydrogens is 487 g/mol. The third kappa shape index (κ3) is 5.20. The molecule has 0 spiro atoms. The van der Waals surface area contributed by atoms with E-state index in [0.29, 0.717) is 29.1 Å². The summed E-state index contributed by atoms with van der Waals surface area (Å²) < 4.78 is 0. The van der Waals surface area contributed by atoms with Crippen molar-refractivity contribution < 1.29 is 4.79 Å². The predicted molar refractivity (Wildman–Crippen MR) is 149 cm³/mol. The molecule has 2 aliphatic rings. The minimum absolute atomic E-state index is 0.205. The molecule has 1 aliphatic carbocycles. The second kappa shape index (κ2) is 11.0. The summed E-state index contributed by atoms with van der Waals surface area (Å²) in [6.45, 7) is 6.44. The number of hydrogen-bond acceptors (Lipinski definition) is 2. The summed E-state index contributed by atoms with van der Waals surface area (Å²) in [5, 5.41) is 1.04. The Balaban J connectivity index is 1.33. The molecule has 1 amide bonds. The van der Waals surface area contributed by atoms with Gasteiger partial charge in [-0.2, -0.15) is 0 Å². The molecule has 188 valence electrons. The van der Waals surface area contributed by atoms with E-state index in [2.05, 4.69) is 54.3 Å². The van der Waals surface area contributed by atoms with Crippen LogP contribution in [0.25, 0.3) is 0 Å². The monoisotopic (exact) mass is 520 g/mol. The molecular formula is C31H34Cl2N2O. The van der Waals surface area contributed by atoms with Gasteiger partial charge in [0.25, 0.3) is 0 Å². The summed E-state index contributed by atoms with van der Waals surface area (Å²) in [5.41, 5.74) is 3.06. The number of rotatable bonds is 8. The molecule has 0 N–H and O–H groups in total. The van der Waals surface area contributed by atoms with E-state index < -0.39 is 5.41 Å². The van der Waals surface area contributed by atoms with Crippen molar-refractivity contribution in [2.75, 3.05) is 26.2 Å². The van der Waals surface area contributed by atoms with E-state index in [-0.39, 0.29) is 11.8 Å². The highest BCUT2D eigenvalue weighted by Gasteiger charge is 2.62. The van der Waals surface area contributed by atoms with Gasteiger partial charge in [0, 0.05) is 19.6 Å². The third-order valence-corrected chi connectivity index (χ3v) is 8.88. The van der Waals surface area contributed by atoms with Crippen LogP contribution in [0, 0.1) is 5.92 Å². The van der Waals surface area contributed by atoms with Crippen LogP contribution in [-0.4, -0.2) is 41.9 Å². The van der Waals surface area contributed by atoms with Crippen LogP contribution in [0.1, 0.15) is 48.8 Å². The number of nitrogens with zero attached hydrogens (tertiary/aromatic N) is 2. The Morgan fingerprint density at radius 1 is 0.944 bits per heavy atom. The van der Waals surface area contributed by atoms with Crippen molar-refractivity contribution in [3.05, 3.63) is 106 Å². The summed E-state index contributed by atoms with van der Waals surface area (Å²) >= 11 is 12.7. The first-order valence-electron chi connectivity index (χ1n) is 13.1. The lowest BCUT2D eigenvalue weighted by molar-refractivity contribution is -0.135. The van der Waals surface area contributed by atoms with Crippen LogP contribution in [0.4, 0.5) is 0 Å². The summed E-state index contributed by atoms with van der Waals surface area (Å²) in [5.74, 6) is 1.11. The van der Waals surface area contributed by atoms with Crippen LogP contribution in [0.5, 0.6) is 0 Å². The van der Waals surface area contributed by atoms with Gasteiger partial charge in [0.15, 0.2) is 0 Å². The number of carbonyl (C=O) groups is 1. The number of likely N-dealkylation sites (N-methyl/N-ethyl adjacent to an activating group) is 1. The van der Waals surface area contributed by atoms with Crippen LogP contribution in [0.2, 0.25) is 10.0 Å². The lowest BCUT2D eigenvalue weighted by Gasteiger charge is -2.33. The van der Waals surface area contributed by atoms with E-state index >= 15 is 0 Å². The Hall–Kier alpha value is -2.33. The van der Waals surface area contributed by atoms with Crippen LogP contribution >= 0.6 is 23.2 Å². The average Bonchev–Trinajstić information content (AvgIpc) is 3.64. The standard InChI is InChI=1S/C31H34Cl2N2O/c1-2-35(21-23-9-5-3-6-10-23)30(36)31(26-13-14-28(32)29(33)19-26)20-27(31)22-34-17-15-25(16-18-34)24-11-7-4-8-12-24/h3-14,19,25,27H,2,15-18,20-22H2,1H3. The summed E-state index contributed by atoms with van der Waals surface area (Å²) in [6.07, 6.45) is 3.19. The SMILES string of the molecule is CCN(Cc1ccccc1)C(=O)C1(c2ccc(Cl)c(Cl)c2)CC1CN1CCC(c2ccccc2)CC1. The van der Waals surface area contributed by atoms with Crippen molar-refractivity contribution in [3.8, 4) is 0 Å². The molecule has 3 aromatic carbocycles. The highest BCUT2D eigenvalue weighted by Crippen LogP contribution is 2.57. The quantitative estimate of drug-likeness (QED) is 0.314. The highest BCUT2D eigenvalue weighted by molar-refractivity contribution is 6.42. The predicted octanol–water partition coefficient (Wildman–Crippen LogP) is 7.18. The van der Waals surface area contributed by atoms with E-state index in [1.54, 1.807) is 0 Å². The Kier molecular flexibility index (Phi) is 7.71. The molecule has 0 radical (unpaired) electrons. The number of likely N-dealkylation sites (tertiary alicyclic amines) is 1. The minimum Gasteiger partial charge on any atom is -0.338 e. The molecule has 5 heteroatoms. The lowest BCUT2D eigenvalue weighted by Crippen LogP contribution is -2.42. The van der Waals surface area contributed by atoms with Gasteiger partial charge in [-0.3, -0.25) is 4.79 Å². The van der Waals surface area contributed by atoms with Crippen LogP contribution in [-0.2, 0) is 16.8 Å². The zero-order chi connectivity index (χ0) is 25.1. The van der Waals surface area contributed by atoms with Gasteiger partial charge in [0.05, 0.1) is 15.5 Å². The van der Waals surface area contributed by atoms with E-state index in [1.165, 1.54) is 18.4 Å². The van der Waals surface area contributed by atoms with Crippen molar-refractivity contribution >= 4 is 29.1 Å². The number of halogens is 2. The molecule has 0 bridgehead atoms. The van der Waals surface area contributed by atoms with E-state index in [9.17, 15) is 4.79 Å². The van der Waals surface area contributed by atoms with Gasteiger partial charge in [-0.05, 0) is 79.9 Å². The summed E-state index contributed by atoms with van der Waals surface area (Å²) in [6, 6.07) is 26.9.